The maximum Gasteiger partial charge on any atom is 0.257 e. The summed E-state index contributed by atoms with van der Waals surface area (Å²) in [6.45, 7) is 6.28. The Labute approximate surface area is 148 Å². The first-order valence-corrected chi connectivity index (χ1v) is 8.98. The molecule has 3 rings (SSSR count). The molecule has 0 aromatic heterocycles. The Hall–Kier alpha value is -1.30. The molecule has 0 spiro atoms. The summed E-state index contributed by atoms with van der Waals surface area (Å²) in [5.41, 5.74) is 0.544. The molecule has 2 aliphatic heterocycles. The number of carbonyl (C=O) groups excluding carboxylic acids is 1. The number of hydrogen-bond acceptors (Lipinski definition) is 4. The highest BCUT2D eigenvalue weighted by Gasteiger charge is 2.25. The molecule has 0 aliphatic carbocycles. The molecule has 2 aliphatic rings. The van der Waals surface area contributed by atoms with Gasteiger partial charge in [0, 0.05) is 37.8 Å². The van der Waals surface area contributed by atoms with Crippen molar-refractivity contribution in [1.82, 2.24) is 9.80 Å². The van der Waals surface area contributed by atoms with Gasteiger partial charge in [0.2, 0.25) is 0 Å². The van der Waals surface area contributed by atoms with Crippen molar-refractivity contribution in [2.75, 3.05) is 53.0 Å². The van der Waals surface area contributed by atoms with E-state index in [1.54, 1.807) is 25.3 Å². The number of carbonyl (C=O) groups is 1. The number of ether oxygens (including phenoxy) is 2. The third-order valence-electron chi connectivity index (χ3n) is 4.81. The van der Waals surface area contributed by atoms with E-state index in [1.807, 2.05) is 4.90 Å². The Kier molecular flexibility index (Phi) is 5.98. The number of benzene rings is 1. The molecule has 1 atom stereocenters. The van der Waals surface area contributed by atoms with Crippen LogP contribution in [0.2, 0.25) is 5.02 Å². The topological polar surface area (TPSA) is 42.0 Å². The van der Waals surface area contributed by atoms with Crippen LogP contribution in [0, 0.1) is 5.92 Å². The average Bonchev–Trinajstić information content (AvgIpc) is 2.98. The minimum atomic E-state index is 0.000370. The van der Waals surface area contributed by atoms with Crippen LogP contribution in [0.4, 0.5) is 0 Å². The van der Waals surface area contributed by atoms with Crippen molar-refractivity contribution >= 4 is 17.5 Å². The van der Waals surface area contributed by atoms with Gasteiger partial charge in [-0.2, -0.15) is 0 Å². The van der Waals surface area contributed by atoms with E-state index < -0.39 is 0 Å². The summed E-state index contributed by atoms with van der Waals surface area (Å²) in [4.78, 5) is 17.3. The SMILES string of the molecule is COc1ccc(Cl)cc1C(=O)N1CCCN(CC2CCOC2)CC1. The van der Waals surface area contributed by atoms with Gasteiger partial charge < -0.3 is 19.3 Å². The molecule has 2 fully saturated rings. The van der Waals surface area contributed by atoms with Crippen molar-refractivity contribution < 1.29 is 14.3 Å². The van der Waals surface area contributed by atoms with Gasteiger partial charge in [-0.3, -0.25) is 4.79 Å². The lowest BCUT2D eigenvalue weighted by Crippen LogP contribution is -2.36. The molecule has 1 aromatic rings. The molecule has 0 bridgehead atoms. The summed E-state index contributed by atoms with van der Waals surface area (Å²) in [7, 11) is 1.58. The largest absolute Gasteiger partial charge is 0.496 e. The van der Waals surface area contributed by atoms with Crippen LogP contribution in [0.25, 0.3) is 0 Å². The van der Waals surface area contributed by atoms with Crippen LogP contribution in [-0.2, 0) is 4.74 Å². The summed E-state index contributed by atoms with van der Waals surface area (Å²) in [5.74, 6) is 1.22. The Morgan fingerprint density at radius 2 is 2.21 bits per heavy atom. The Bertz CT molecular complexity index is 575. The molecule has 1 unspecified atom stereocenters. The van der Waals surface area contributed by atoms with Crippen LogP contribution in [0.3, 0.4) is 0 Å². The lowest BCUT2D eigenvalue weighted by Gasteiger charge is -2.24. The molecule has 1 aromatic carbocycles. The summed E-state index contributed by atoms with van der Waals surface area (Å²) in [6, 6.07) is 5.19. The molecule has 6 heteroatoms. The molecule has 0 N–H and O–H groups in total. The van der Waals surface area contributed by atoms with Crippen LogP contribution < -0.4 is 4.74 Å². The highest BCUT2D eigenvalue weighted by molar-refractivity contribution is 6.31. The molecule has 5 nitrogen and oxygen atoms in total. The van der Waals surface area contributed by atoms with Gasteiger partial charge in [0.1, 0.15) is 5.75 Å². The van der Waals surface area contributed by atoms with E-state index in [2.05, 4.69) is 4.90 Å². The van der Waals surface area contributed by atoms with Crippen molar-refractivity contribution in [1.29, 1.82) is 0 Å². The van der Waals surface area contributed by atoms with Crippen LogP contribution in [-0.4, -0.2) is 68.8 Å². The normalized spacial score (nSPS) is 22.4. The zero-order valence-electron chi connectivity index (χ0n) is 14.2. The van der Waals surface area contributed by atoms with Crippen LogP contribution in [0.1, 0.15) is 23.2 Å². The lowest BCUT2D eigenvalue weighted by atomic mass is 10.1. The predicted octanol–water partition coefficient (Wildman–Crippen LogP) is 2.53. The minimum Gasteiger partial charge on any atom is -0.496 e. The zero-order chi connectivity index (χ0) is 16.9. The van der Waals surface area contributed by atoms with Gasteiger partial charge in [-0.1, -0.05) is 11.6 Å². The van der Waals surface area contributed by atoms with Gasteiger partial charge in [-0.25, -0.2) is 0 Å². The second-order valence-electron chi connectivity index (χ2n) is 6.52. The van der Waals surface area contributed by atoms with E-state index in [9.17, 15) is 4.79 Å². The smallest absolute Gasteiger partial charge is 0.257 e. The first kappa shape index (κ1) is 17.5. The van der Waals surface area contributed by atoms with E-state index in [1.165, 1.54) is 0 Å². The minimum absolute atomic E-state index is 0.000370. The standard InChI is InChI=1S/C18H25ClN2O3/c1-23-17-4-3-15(19)11-16(17)18(22)21-7-2-6-20(8-9-21)12-14-5-10-24-13-14/h3-4,11,14H,2,5-10,12-13H2,1H3. The van der Waals surface area contributed by atoms with Gasteiger partial charge in [-0.15, -0.1) is 0 Å². The van der Waals surface area contributed by atoms with E-state index in [0.717, 1.165) is 58.8 Å². The summed E-state index contributed by atoms with van der Waals surface area (Å²) < 4.78 is 10.8. The fourth-order valence-corrected chi connectivity index (χ4v) is 3.64. The maximum absolute atomic E-state index is 12.9. The summed E-state index contributed by atoms with van der Waals surface area (Å²) in [6.07, 6.45) is 2.14. The molecule has 132 valence electrons. The molecular weight excluding hydrogens is 328 g/mol. The molecular formula is C18H25ClN2O3. The van der Waals surface area contributed by atoms with Gasteiger partial charge in [0.05, 0.1) is 19.3 Å². The predicted molar refractivity (Wildman–Crippen MR) is 93.9 cm³/mol. The van der Waals surface area contributed by atoms with Gasteiger partial charge >= 0.3 is 0 Å². The molecule has 2 heterocycles. The van der Waals surface area contributed by atoms with E-state index in [-0.39, 0.29) is 5.91 Å². The first-order chi connectivity index (χ1) is 11.7. The quantitative estimate of drug-likeness (QED) is 0.835. The Morgan fingerprint density at radius 3 is 2.96 bits per heavy atom. The van der Waals surface area contributed by atoms with Crippen molar-refractivity contribution in [3.05, 3.63) is 28.8 Å². The van der Waals surface area contributed by atoms with E-state index in [4.69, 9.17) is 21.1 Å². The second kappa shape index (κ2) is 8.19. The first-order valence-electron chi connectivity index (χ1n) is 8.60. The number of rotatable bonds is 4. The van der Waals surface area contributed by atoms with Gasteiger partial charge in [-0.05, 0) is 43.5 Å². The Morgan fingerprint density at radius 1 is 1.33 bits per heavy atom. The van der Waals surface area contributed by atoms with E-state index in [0.29, 0.717) is 22.3 Å². The second-order valence-corrected chi connectivity index (χ2v) is 6.96. The van der Waals surface area contributed by atoms with Crippen LogP contribution >= 0.6 is 11.6 Å². The fourth-order valence-electron chi connectivity index (χ4n) is 3.47. The van der Waals surface area contributed by atoms with Crippen molar-refractivity contribution in [2.45, 2.75) is 12.8 Å². The monoisotopic (exact) mass is 352 g/mol. The third kappa shape index (κ3) is 4.21. The molecule has 2 saturated heterocycles. The van der Waals surface area contributed by atoms with Crippen LogP contribution in [0.15, 0.2) is 18.2 Å². The number of hydrogen-bond donors (Lipinski definition) is 0. The Balaban J connectivity index is 1.63. The van der Waals surface area contributed by atoms with Crippen LogP contribution in [0.5, 0.6) is 5.75 Å². The van der Waals surface area contributed by atoms with E-state index >= 15 is 0 Å². The summed E-state index contributed by atoms with van der Waals surface area (Å²) >= 11 is 6.06. The zero-order valence-corrected chi connectivity index (χ0v) is 14.9. The highest BCUT2D eigenvalue weighted by Crippen LogP contribution is 2.24. The van der Waals surface area contributed by atoms with Crippen molar-refractivity contribution in [3.63, 3.8) is 0 Å². The fraction of sp³-hybridized carbons (Fsp3) is 0.611. The van der Waals surface area contributed by atoms with Crippen molar-refractivity contribution in [2.24, 2.45) is 5.92 Å². The van der Waals surface area contributed by atoms with Crippen molar-refractivity contribution in [3.8, 4) is 5.75 Å². The molecule has 1 amide bonds. The molecule has 0 saturated carbocycles. The number of nitrogens with zero attached hydrogens (tertiary/aromatic N) is 2. The number of halogens is 1. The molecule has 0 radical (unpaired) electrons. The van der Waals surface area contributed by atoms with Gasteiger partial charge in [0.15, 0.2) is 0 Å². The molecule has 24 heavy (non-hydrogen) atoms. The van der Waals surface area contributed by atoms with Gasteiger partial charge in [0.25, 0.3) is 5.91 Å². The average molecular weight is 353 g/mol. The lowest BCUT2D eigenvalue weighted by molar-refractivity contribution is 0.0756. The summed E-state index contributed by atoms with van der Waals surface area (Å²) in [5, 5.41) is 0.553. The number of amides is 1. The number of methoxy groups -OCH3 is 1. The third-order valence-corrected chi connectivity index (χ3v) is 5.04. The maximum atomic E-state index is 12.9. The highest BCUT2D eigenvalue weighted by atomic mass is 35.5.